The van der Waals surface area contributed by atoms with Gasteiger partial charge < -0.3 is 15.1 Å². The molecule has 1 aliphatic heterocycles. The molecule has 0 saturated carbocycles. The number of nitrogens with zero attached hydrogens (tertiary/aromatic N) is 4. The highest BCUT2D eigenvalue weighted by atomic mass is 19.4. The van der Waals surface area contributed by atoms with Gasteiger partial charge in [-0.25, -0.2) is 14.4 Å². The van der Waals surface area contributed by atoms with Gasteiger partial charge in [-0.3, -0.25) is 4.79 Å². The van der Waals surface area contributed by atoms with E-state index in [-0.39, 0.29) is 24.1 Å². The Morgan fingerprint density at radius 3 is 2.54 bits per heavy atom. The number of hydrogen-bond donors (Lipinski definition) is 1. The molecule has 1 aromatic carbocycles. The number of amides is 1. The van der Waals surface area contributed by atoms with E-state index in [2.05, 4.69) is 27.1 Å². The lowest BCUT2D eigenvalue weighted by Gasteiger charge is -2.38. The Morgan fingerprint density at radius 2 is 1.89 bits per heavy atom. The molecule has 1 fully saturated rings. The average Bonchev–Trinajstić information content (AvgIpc) is 3.20. The van der Waals surface area contributed by atoms with Crippen molar-refractivity contribution in [1.29, 1.82) is 0 Å². The minimum Gasteiger partial charge on any atom is -0.353 e. The van der Waals surface area contributed by atoms with Gasteiger partial charge in [0.25, 0.3) is 0 Å². The molecular weight excluding hydrogens is 462 g/mol. The summed E-state index contributed by atoms with van der Waals surface area (Å²) in [7, 11) is 0. The molecule has 1 aliphatic carbocycles. The third kappa shape index (κ3) is 5.42. The fourth-order valence-corrected chi connectivity index (χ4v) is 4.91. The number of alkyl halides is 3. The number of fused-ring (bicyclic) bond motifs is 1. The zero-order valence-corrected chi connectivity index (χ0v) is 20.2. The Morgan fingerprint density at radius 1 is 1.17 bits per heavy atom. The maximum atomic E-state index is 13.9. The molecule has 10 heteroatoms. The molecule has 6 nitrogen and oxygen atoms in total. The summed E-state index contributed by atoms with van der Waals surface area (Å²) in [4.78, 5) is 26.3. The Bertz CT molecular complexity index is 1070. The van der Waals surface area contributed by atoms with Gasteiger partial charge in [0, 0.05) is 50.0 Å². The number of rotatable bonds is 6. The summed E-state index contributed by atoms with van der Waals surface area (Å²) in [5.74, 6) is -1.16. The normalized spacial score (nSPS) is 19.3. The van der Waals surface area contributed by atoms with Crippen LogP contribution in [0.15, 0.2) is 24.5 Å². The highest BCUT2D eigenvalue weighted by Crippen LogP contribution is 2.37. The molecule has 0 bridgehead atoms. The topological polar surface area (TPSA) is 61.4 Å². The summed E-state index contributed by atoms with van der Waals surface area (Å²) in [6.45, 7) is 8.13. The van der Waals surface area contributed by atoms with Crippen LogP contribution in [0, 0.1) is 5.82 Å². The zero-order chi connectivity index (χ0) is 25.3. The number of halogens is 4. The van der Waals surface area contributed by atoms with Crippen molar-refractivity contribution in [3.8, 4) is 0 Å². The van der Waals surface area contributed by atoms with Crippen molar-refractivity contribution < 1.29 is 22.4 Å². The Labute approximate surface area is 202 Å². The van der Waals surface area contributed by atoms with Crippen LogP contribution in [-0.4, -0.2) is 59.5 Å². The first kappa shape index (κ1) is 25.3. The summed E-state index contributed by atoms with van der Waals surface area (Å²) in [5.41, 5.74) is 1.06. The van der Waals surface area contributed by atoms with Gasteiger partial charge in [-0.05, 0) is 36.5 Å². The minimum atomic E-state index is -4.83. The van der Waals surface area contributed by atoms with Gasteiger partial charge in [0.2, 0.25) is 5.91 Å². The molecule has 0 radical (unpaired) electrons. The van der Waals surface area contributed by atoms with E-state index in [0.29, 0.717) is 32.1 Å². The van der Waals surface area contributed by atoms with Crippen LogP contribution in [-0.2, 0) is 17.4 Å². The average molecular weight is 494 g/mol. The van der Waals surface area contributed by atoms with Crippen molar-refractivity contribution in [2.75, 3.05) is 37.6 Å². The van der Waals surface area contributed by atoms with Gasteiger partial charge in [0.05, 0.1) is 11.5 Å². The summed E-state index contributed by atoms with van der Waals surface area (Å²) in [6, 6.07) is 2.87. The van der Waals surface area contributed by atoms with Crippen LogP contribution in [0.3, 0.4) is 0 Å². The molecule has 1 aromatic heterocycles. The second-order valence-corrected chi connectivity index (χ2v) is 9.66. The van der Waals surface area contributed by atoms with Crippen LogP contribution in [0.5, 0.6) is 0 Å². The van der Waals surface area contributed by atoms with E-state index < -0.39 is 23.5 Å². The Hall–Kier alpha value is -2.75. The van der Waals surface area contributed by atoms with Crippen molar-refractivity contribution >= 4 is 11.7 Å². The predicted molar refractivity (Wildman–Crippen MR) is 125 cm³/mol. The lowest BCUT2D eigenvalue weighted by molar-refractivity contribution is -0.140. The summed E-state index contributed by atoms with van der Waals surface area (Å²) in [6.07, 6.45) is -1.27. The van der Waals surface area contributed by atoms with Gasteiger partial charge >= 0.3 is 6.18 Å². The zero-order valence-electron chi connectivity index (χ0n) is 20.2. The van der Waals surface area contributed by atoms with Gasteiger partial charge in [0.15, 0.2) is 0 Å². The first-order valence-electron chi connectivity index (χ1n) is 12.0. The number of nitrogens with one attached hydrogen (secondary N) is 1. The van der Waals surface area contributed by atoms with E-state index in [1.54, 1.807) is 11.2 Å². The maximum Gasteiger partial charge on any atom is 0.419 e. The fraction of sp³-hybridized carbons (Fsp3) is 0.560. The van der Waals surface area contributed by atoms with Crippen LogP contribution < -0.4 is 10.2 Å². The Kier molecular flexibility index (Phi) is 7.30. The molecule has 1 N–H and O–H groups in total. The van der Waals surface area contributed by atoms with E-state index in [1.165, 1.54) is 11.6 Å². The van der Waals surface area contributed by atoms with E-state index in [0.717, 1.165) is 36.5 Å². The number of hydrogen-bond acceptors (Lipinski definition) is 5. The standard InChI is InChI=1S/C25H31F4N5O/c1-15(2)30-13-18(17-5-6-20(26)19(12-17)25(27,28)29)24(35)34-10-8-33(9-11-34)23-22-16(3)4-7-21(22)31-14-32-23/h5-6,12,14-16,18,30H,4,7-11,13H2,1-3H3/t16-,18-/m1/s1. The lowest BCUT2D eigenvalue weighted by Crippen LogP contribution is -2.51. The number of anilines is 1. The first-order chi connectivity index (χ1) is 16.6. The molecule has 2 aromatic rings. The van der Waals surface area contributed by atoms with Crippen molar-refractivity contribution in [3.05, 3.63) is 52.7 Å². The predicted octanol–water partition coefficient (Wildman–Crippen LogP) is 4.11. The largest absolute Gasteiger partial charge is 0.419 e. The smallest absolute Gasteiger partial charge is 0.353 e. The van der Waals surface area contributed by atoms with E-state index in [9.17, 15) is 22.4 Å². The molecule has 2 heterocycles. The van der Waals surface area contributed by atoms with Crippen LogP contribution in [0.4, 0.5) is 23.4 Å². The number of benzene rings is 1. The van der Waals surface area contributed by atoms with Crippen LogP contribution in [0.2, 0.25) is 0 Å². The summed E-state index contributed by atoms with van der Waals surface area (Å²) < 4.78 is 53.8. The van der Waals surface area contributed by atoms with Gasteiger partial charge in [-0.2, -0.15) is 13.2 Å². The van der Waals surface area contributed by atoms with E-state index >= 15 is 0 Å². The third-order valence-corrected chi connectivity index (χ3v) is 6.87. The van der Waals surface area contributed by atoms with Crippen molar-refractivity contribution in [1.82, 2.24) is 20.2 Å². The third-order valence-electron chi connectivity index (χ3n) is 6.87. The summed E-state index contributed by atoms with van der Waals surface area (Å²) >= 11 is 0. The maximum absolute atomic E-state index is 13.9. The van der Waals surface area contributed by atoms with E-state index in [1.807, 2.05) is 13.8 Å². The minimum absolute atomic E-state index is 0.0338. The molecule has 35 heavy (non-hydrogen) atoms. The molecule has 1 saturated heterocycles. The monoisotopic (exact) mass is 493 g/mol. The molecule has 190 valence electrons. The summed E-state index contributed by atoms with van der Waals surface area (Å²) in [5, 5.41) is 3.15. The number of carbonyl (C=O) groups excluding carboxylic acids is 1. The fourth-order valence-electron chi connectivity index (χ4n) is 4.91. The number of aromatic nitrogens is 2. The second kappa shape index (κ2) is 10.1. The van der Waals surface area contributed by atoms with Crippen molar-refractivity contribution in [2.24, 2.45) is 0 Å². The molecule has 4 rings (SSSR count). The van der Waals surface area contributed by atoms with Gasteiger partial charge in [0.1, 0.15) is 18.0 Å². The molecule has 0 unspecified atom stereocenters. The Balaban J connectivity index is 1.52. The quantitative estimate of drug-likeness (QED) is 0.614. The molecular formula is C25H31F4N5O. The molecule has 1 amide bonds. The van der Waals surface area contributed by atoms with Gasteiger partial charge in [-0.1, -0.05) is 26.8 Å². The van der Waals surface area contributed by atoms with Crippen LogP contribution in [0.1, 0.15) is 61.4 Å². The number of piperazine rings is 1. The molecule has 2 atom stereocenters. The van der Waals surface area contributed by atoms with E-state index in [4.69, 9.17) is 0 Å². The SMILES string of the molecule is CC(C)NC[C@@H](C(=O)N1CCN(c2ncnc3c2[C@H](C)CC3)CC1)c1ccc(F)c(C(F)(F)F)c1. The molecule has 0 spiro atoms. The second-order valence-electron chi connectivity index (χ2n) is 9.66. The highest BCUT2D eigenvalue weighted by Gasteiger charge is 2.37. The number of carbonyl (C=O) groups is 1. The van der Waals surface area contributed by atoms with Crippen LogP contribution >= 0.6 is 0 Å². The first-order valence-corrected chi connectivity index (χ1v) is 12.0. The van der Waals surface area contributed by atoms with Crippen LogP contribution in [0.25, 0.3) is 0 Å². The number of aryl methyl sites for hydroxylation is 1. The van der Waals surface area contributed by atoms with Crippen molar-refractivity contribution in [2.45, 2.75) is 57.7 Å². The van der Waals surface area contributed by atoms with Crippen molar-refractivity contribution in [3.63, 3.8) is 0 Å². The molecule has 2 aliphatic rings. The lowest BCUT2D eigenvalue weighted by atomic mass is 9.94. The van der Waals surface area contributed by atoms with Gasteiger partial charge in [-0.15, -0.1) is 0 Å². The highest BCUT2D eigenvalue weighted by molar-refractivity contribution is 5.84.